The van der Waals surface area contributed by atoms with Crippen molar-refractivity contribution in [3.05, 3.63) is 53.1 Å². The summed E-state index contributed by atoms with van der Waals surface area (Å²) < 4.78 is 38.3. The minimum absolute atomic E-state index is 0.0770. The summed E-state index contributed by atoms with van der Waals surface area (Å²) >= 11 is 6.44. The molecule has 3 N–H and O–H groups in total. The first-order chi connectivity index (χ1) is 22.7. The van der Waals surface area contributed by atoms with E-state index in [2.05, 4.69) is 25.3 Å². The molecule has 1 saturated carbocycles. The van der Waals surface area contributed by atoms with E-state index in [0.717, 1.165) is 5.56 Å². The zero-order valence-corrected chi connectivity index (χ0v) is 27.1. The summed E-state index contributed by atoms with van der Waals surface area (Å²) in [6.07, 6.45) is -0.139. The lowest BCUT2D eigenvalue weighted by atomic mass is 10.1. The second-order valence-electron chi connectivity index (χ2n) is 11.4. The Kier molecular flexibility index (Phi) is 9.75. The summed E-state index contributed by atoms with van der Waals surface area (Å²) in [6.45, 7) is 3.00. The van der Waals surface area contributed by atoms with Crippen molar-refractivity contribution in [3.63, 3.8) is 0 Å². The van der Waals surface area contributed by atoms with Crippen LogP contribution in [0, 0.1) is 0 Å². The van der Waals surface area contributed by atoms with E-state index < -0.39 is 24.3 Å². The lowest BCUT2D eigenvalue weighted by Crippen LogP contribution is -2.43. The summed E-state index contributed by atoms with van der Waals surface area (Å²) in [5.41, 5.74) is 8.92. The van der Waals surface area contributed by atoms with Crippen LogP contribution in [0.5, 0.6) is 11.5 Å². The molecule has 2 fully saturated rings. The summed E-state index contributed by atoms with van der Waals surface area (Å²) in [5, 5.41) is 3.10. The number of morpholine rings is 1. The number of nitrogens with two attached hydrogens (primary N) is 1. The topological polar surface area (TPSA) is 155 Å². The maximum Gasteiger partial charge on any atom is 0.328 e. The van der Waals surface area contributed by atoms with Crippen LogP contribution in [0.2, 0.25) is 5.15 Å². The average Bonchev–Trinajstić information content (AvgIpc) is 3.65. The van der Waals surface area contributed by atoms with Gasteiger partial charge in [0, 0.05) is 63.3 Å². The number of nitrogens with one attached hydrogen (secondary N) is 1. The molecule has 47 heavy (non-hydrogen) atoms. The number of amides is 1. The number of hydrogen-bond donors (Lipinski definition) is 2. The van der Waals surface area contributed by atoms with Crippen LogP contribution < -0.4 is 30.3 Å². The molecule has 3 atom stereocenters. The normalized spacial score (nSPS) is 19.6. The number of imidazole rings is 1. The van der Waals surface area contributed by atoms with Crippen molar-refractivity contribution in [2.24, 2.45) is 0 Å². The van der Waals surface area contributed by atoms with Crippen molar-refractivity contribution in [1.82, 2.24) is 29.8 Å². The van der Waals surface area contributed by atoms with Gasteiger partial charge < -0.3 is 39.8 Å². The van der Waals surface area contributed by atoms with Gasteiger partial charge in [0.25, 0.3) is 0 Å². The fraction of sp³-hybridized carbons (Fsp3) is 0.452. The number of aromatic nitrogens is 5. The van der Waals surface area contributed by atoms with E-state index in [9.17, 15) is 9.18 Å². The lowest BCUT2D eigenvalue weighted by molar-refractivity contribution is 0.0256. The van der Waals surface area contributed by atoms with Crippen molar-refractivity contribution >= 4 is 46.2 Å². The largest absolute Gasteiger partial charge is 0.497 e. The van der Waals surface area contributed by atoms with Crippen LogP contribution in [-0.2, 0) is 22.6 Å². The van der Waals surface area contributed by atoms with Crippen molar-refractivity contribution in [1.29, 1.82) is 0 Å². The first-order valence-corrected chi connectivity index (χ1v) is 15.6. The molecule has 4 aromatic rings. The number of rotatable bonds is 10. The number of pyridine rings is 1. The molecular weight excluding hydrogens is 633 g/mol. The van der Waals surface area contributed by atoms with Gasteiger partial charge in [0.1, 0.15) is 40.5 Å². The predicted molar refractivity (Wildman–Crippen MR) is 174 cm³/mol. The van der Waals surface area contributed by atoms with E-state index >= 15 is 0 Å². The van der Waals surface area contributed by atoms with E-state index in [0.29, 0.717) is 73.0 Å². The number of anilines is 3. The fourth-order valence-electron chi connectivity index (χ4n) is 5.89. The van der Waals surface area contributed by atoms with Crippen molar-refractivity contribution in [2.75, 3.05) is 63.1 Å². The molecule has 3 aromatic heterocycles. The molecule has 6 rings (SSSR count). The summed E-state index contributed by atoms with van der Waals surface area (Å²) in [5.74, 6) is 2.15. The predicted octanol–water partition coefficient (Wildman–Crippen LogP) is 3.59. The van der Waals surface area contributed by atoms with Crippen LogP contribution in [0.1, 0.15) is 24.1 Å². The highest BCUT2D eigenvalue weighted by molar-refractivity contribution is 6.30. The molecule has 0 bridgehead atoms. The van der Waals surface area contributed by atoms with E-state index in [4.69, 9.17) is 36.3 Å². The molecule has 1 amide bonds. The number of ether oxygens (including phenoxy) is 4. The zero-order valence-electron chi connectivity index (χ0n) is 26.4. The van der Waals surface area contributed by atoms with Gasteiger partial charge in [0.15, 0.2) is 5.65 Å². The number of carbonyl (C=O) groups excluding carboxylic acids is 1. The molecule has 16 heteroatoms. The van der Waals surface area contributed by atoms with Crippen molar-refractivity contribution in [3.8, 4) is 11.5 Å². The smallest absolute Gasteiger partial charge is 0.328 e. The molecule has 1 aromatic carbocycles. The van der Waals surface area contributed by atoms with E-state index in [-0.39, 0.29) is 30.2 Å². The number of nitrogens with zero attached hydrogens (tertiary/aromatic N) is 7. The van der Waals surface area contributed by atoms with Gasteiger partial charge in [0.2, 0.25) is 5.95 Å². The van der Waals surface area contributed by atoms with Gasteiger partial charge in [-0.05, 0) is 12.1 Å². The first kappa shape index (κ1) is 32.5. The number of halogens is 2. The molecule has 1 aliphatic heterocycles. The van der Waals surface area contributed by atoms with Crippen molar-refractivity contribution < 1.29 is 28.1 Å². The maximum atomic E-state index is 14.7. The number of hydrogen-bond acceptors (Lipinski definition) is 12. The summed E-state index contributed by atoms with van der Waals surface area (Å²) in [4.78, 5) is 35.3. The number of alkyl halides is 1. The van der Waals surface area contributed by atoms with Gasteiger partial charge in [-0.15, -0.1) is 0 Å². The molecule has 0 unspecified atom stereocenters. The molecule has 0 spiro atoms. The van der Waals surface area contributed by atoms with E-state index in [1.54, 1.807) is 26.4 Å². The summed E-state index contributed by atoms with van der Waals surface area (Å²) in [6, 6.07) is 7.78. The van der Waals surface area contributed by atoms with E-state index in [1.165, 1.54) is 10.9 Å². The van der Waals surface area contributed by atoms with E-state index in [1.807, 2.05) is 35.0 Å². The van der Waals surface area contributed by atoms with Gasteiger partial charge in [0.05, 0.1) is 57.6 Å². The highest BCUT2D eigenvalue weighted by Crippen LogP contribution is 2.32. The van der Waals surface area contributed by atoms with Crippen molar-refractivity contribution in [2.45, 2.75) is 44.3 Å². The van der Waals surface area contributed by atoms with Crippen LogP contribution in [0.25, 0.3) is 11.2 Å². The third kappa shape index (κ3) is 7.26. The third-order valence-corrected chi connectivity index (χ3v) is 8.46. The Hall–Kier alpha value is -4.47. The molecule has 14 nitrogen and oxygen atoms in total. The van der Waals surface area contributed by atoms with Gasteiger partial charge in [-0.25, -0.2) is 28.7 Å². The van der Waals surface area contributed by atoms with Crippen LogP contribution in [0.3, 0.4) is 0 Å². The molecule has 1 aliphatic carbocycles. The number of methoxy groups -OCH3 is 2. The van der Waals surface area contributed by atoms with Crippen LogP contribution in [0.15, 0.2) is 36.7 Å². The Bertz CT molecular complexity index is 1740. The first-order valence-electron chi connectivity index (χ1n) is 15.2. The Morgan fingerprint density at radius 3 is 2.72 bits per heavy atom. The third-order valence-electron chi connectivity index (χ3n) is 8.27. The van der Waals surface area contributed by atoms with Crippen LogP contribution in [-0.4, -0.2) is 96.4 Å². The average molecular weight is 670 g/mol. The molecule has 1 saturated heterocycles. The molecular formula is C31H37ClFN9O5. The fourth-order valence-corrected chi connectivity index (χ4v) is 6.07. The number of carbonyl (C=O) groups is 1. The summed E-state index contributed by atoms with van der Waals surface area (Å²) in [7, 11) is 5.07. The van der Waals surface area contributed by atoms with Crippen LogP contribution in [0.4, 0.5) is 26.6 Å². The van der Waals surface area contributed by atoms with Gasteiger partial charge in [-0.1, -0.05) is 11.6 Å². The Morgan fingerprint density at radius 2 is 1.96 bits per heavy atom. The molecule has 4 heterocycles. The Morgan fingerprint density at radius 1 is 1.15 bits per heavy atom. The zero-order chi connectivity index (χ0) is 33.1. The van der Waals surface area contributed by atoms with Crippen LogP contribution >= 0.6 is 11.6 Å². The maximum absolute atomic E-state index is 14.7. The molecule has 250 valence electrons. The molecule has 0 radical (unpaired) electrons. The quantitative estimate of drug-likeness (QED) is 0.237. The monoisotopic (exact) mass is 669 g/mol. The highest BCUT2D eigenvalue weighted by Gasteiger charge is 2.37. The Labute approximate surface area is 275 Å². The van der Waals surface area contributed by atoms with Gasteiger partial charge in [-0.2, -0.15) is 4.98 Å². The highest BCUT2D eigenvalue weighted by atomic mass is 35.5. The van der Waals surface area contributed by atoms with Gasteiger partial charge in [-0.3, -0.25) is 0 Å². The van der Waals surface area contributed by atoms with Gasteiger partial charge >= 0.3 is 6.03 Å². The second kappa shape index (κ2) is 14.1. The number of nitrogen functional groups attached to an aromatic ring is 1. The lowest BCUT2D eigenvalue weighted by Gasteiger charge is -2.27. The number of fused-ring (bicyclic) bond motifs is 1. The minimum Gasteiger partial charge on any atom is -0.497 e. The second-order valence-corrected chi connectivity index (χ2v) is 11.8. The Balaban J connectivity index is 1.16. The number of benzene rings is 1. The minimum atomic E-state index is -1.15. The SMILES string of the molecule is COc1ccc(CN(C)c2cc(Cl)nc3c2ncn3C(=O)N[C@@H]2C[C@@H](F)C[C@H]2OCc2cc(N)nc(N3CCOCC3)n2)c(OC)c1. The molecule has 2 aliphatic rings. The standard InChI is InChI=1S/C31H37ClFN9O5/c1-40(15-18-4-5-21(44-2)13-24(18)45-3)23-14-26(32)38-29-28(23)35-17-42(29)31(43)37-22-10-19(33)11-25(22)47-16-20-12-27(34)39-30(36-20)41-6-8-46-9-7-41/h4-5,12-14,17,19,22,25H,6-11,15-16H2,1-3H3,(H,37,43)(H2,34,36,39)/t19-,22-,25-/m1/s1.